The van der Waals surface area contributed by atoms with Crippen LogP contribution in [0.1, 0.15) is 25.0 Å². The summed E-state index contributed by atoms with van der Waals surface area (Å²) in [7, 11) is 0. The molecule has 1 spiro atoms. The van der Waals surface area contributed by atoms with Gasteiger partial charge in [0.2, 0.25) is 23.6 Å². The van der Waals surface area contributed by atoms with Crippen LogP contribution in [0.3, 0.4) is 0 Å². The van der Waals surface area contributed by atoms with Crippen LogP contribution < -0.4 is 25.3 Å². The van der Waals surface area contributed by atoms with Gasteiger partial charge >= 0.3 is 0 Å². The summed E-state index contributed by atoms with van der Waals surface area (Å²) in [5, 5.41) is 6.03. The summed E-state index contributed by atoms with van der Waals surface area (Å²) in [4.78, 5) is 71.8. The van der Waals surface area contributed by atoms with Crippen LogP contribution in [0.4, 0.5) is 22.7 Å². The Morgan fingerprint density at radius 1 is 0.929 bits per heavy atom. The molecule has 0 aliphatic carbocycles. The van der Waals surface area contributed by atoms with Gasteiger partial charge in [-0.15, -0.1) is 0 Å². The Labute approximate surface area is 242 Å². The molecule has 10 nitrogen and oxygen atoms in total. The molecule has 2 saturated heterocycles. The van der Waals surface area contributed by atoms with Crippen LogP contribution in [0.2, 0.25) is 0 Å². The van der Waals surface area contributed by atoms with Crippen LogP contribution in [0.15, 0.2) is 72.8 Å². The van der Waals surface area contributed by atoms with Crippen molar-refractivity contribution in [2.24, 2.45) is 11.8 Å². The van der Waals surface area contributed by atoms with Gasteiger partial charge in [0.1, 0.15) is 12.1 Å². The van der Waals surface area contributed by atoms with E-state index in [1.807, 2.05) is 31.2 Å². The standard InChI is InChI=1S/C32H29N5O5/c1-18-27-28(30(41)37(29(27)40)22-13-11-21(12-14-22)33-19(2)38)32(34-18)23-8-4-6-10-25(23)36(31(32)42)17-26(39)35-16-15-20-7-3-5-9-24(20)35/h3-14,18,27-28,34H,15-17H2,1-2H3,(H,33,38)/t18-,27+,28+,32-/m0/s1. The van der Waals surface area contributed by atoms with Crippen molar-refractivity contribution < 1.29 is 24.0 Å². The lowest BCUT2D eigenvalue weighted by Gasteiger charge is -2.30. The molecule has 4 aliphatic rings. The highest BCUT2D eigenvalue weighted by molar-refractivity contribution is 6.26. The third-order valence-electron chi connectivity index (χ3n) is 8.94. The fraction of sp³-hybridized carbons (Fsp3) is 0.281. The van der Waals surface area contributed by atoms with Crippen molar-refractivity contribution in [3.8, 4) is 0 Å². The van der Waals surface area contributed by atoms with Gasteiger partial charge in [-0.2, -0.15) is 0 Å². The molecule has 4 heterocycles. The molecule has 4 aliphatic heterocycles. The molecule has 0 radical (unpaired) electrons. The summed E-state index contributed by atoms with van der Waals surface area (Å²) in [6, 6.07) is 20.9. The SMILES string of the molecule is CC(=O)Nc1ccc(N2C(=O)[C@@H]3[C@H](C)N[C@]4(C(=O)N(CC(=O)N5CCc6ccccc65)c5ccccc54)[C@H]3C2=O)cc1. The van der Waals surface area contributed by atoms with E-state index in [1.54, 1.807) is 53.4 Å². The van der Waals surface area contributed by atoms with Crippen LogP contribution in [-0.4, -0.2) is 48.7 Å². The number of hydrogen-bond acceptors (Lipinski definition) is 6. The van der Waals surface area contributed by atoms with Crippen molar-refractivity contribution in [3.63, 3.8) is 0 Å². The van der Waals surface area contributed by atoms with Crippen molar-refractivity contribution in [2.45, 2.75) is 31.8 Å². The lowest BCUT2D eigenvalue weighted by Crippen LogP contribution is -2.56. The Balaban J connectivity index is 1.24. The van der Waals surface area contributed by atoms with Gasteiger partial charge in [0.25, 0.3) is 5.91 Å². The van der Waals surface area contributed by atoms with Crippen molar-refractivity contribution >= 4 is 52.3 Å². The van der Waals surface area contributed by atoms with Crippen molar-refractivity contribution in [2.75, 3.05) is 33.1 Å². The fourth-order valence-electron chi connectivity index (χ4n) is 7.24. The quantitative estimate of drug-likeness (QED) is 0.471. The van der Waals surface area contributed by atoms with Crippen LogP contribution in [0.25, 0.3) is 0 Å². The molecular formula is C32H29N5O5. The van der Waals surface area contributed by atoms with Crippen molar-refractivity contribution in [1.82, 2.24) is 5.32 Å². The molecule has 2 fully saturated rings. The number of para-hydroxylation sites is 2. The van der Waals surface area contributed by atoms with Gasteiger partial charge in [-0.05, 0) is 55.3 Å². The van der Waals surface area contributed by atoms with Crippen LogP contribution in [0, 0.1) is 11.8 Å². The minimum Gasteiger partial charge on any atom is -0.326 e. The highest BCUT2D eigenvalue weighted by Gasteiger charge is 2.71. The second-order valence-corrected chi connectivity index (χ2v) is 11.3. The first-order valence-corrected chi connectivity index (χ1v) is 14.1. The molecule has 0 bridgehead atoms. The van der Waals surface area contributed by atoms with Gasteiger partial charge < -0.3 is 15.1 Å². The van der Waals surface area contributed by atoms with Crippen LogP contribution in [0.5, 0.6) is 0 Å². The first-order chi connectivity index (χ1) is 20.2. The maximum atomic E-state index is 14.5. The zero-order chi connectivity index (χ0) is 29.3. The van der Waals surface area contributed by atoms with Crippen LogP contribution in [-0.2, 0) is 35.9 Å². The summed E-state index contributed by atoms with van der Waals surface area (Å²) in [5.74, 6) is -3.48. The van der Waals surface area contributed by atoms with Gasteiger partial charge in [-0.1, -0.05) is 36.4 Å². The first-order valence-electron chi connectivity index (χ1n) is 14.1. The number of fused-ring (bicyclic) bond motifs is 5. The smallest absolute Gasteiger partial charge is 0.253 e. The summed E-state index contributed by atoms with van der Waals surface area (Å²) >= 11 is 0. The molecule has 212 valence electrons. The molecular weight excluding hydrogens is 534 g/mol. The van der Waals surface area contributed by atoms with E-state index in [2.05, 4.69) is 10.6 Å². The number of nitrogens with one attached hydrogen (secondary N) is 2. The zero-order valence-corrected chi connectivity index (χ0v) is 23.2. The first kappa shape index (κ1) is 26.1. The molecule has 2 N–H and O–H groups in total. The molecule has 3 aromatic carbocycles. The normalized spacial score (nSPS) is 25.7. The molecule has 42 heavy (non-hydrogen) atoms. The summed E-state index contributed by atoms with van der Waals surface area (Å²) in [6.07, 6.45) is 0.747. The van der Waals surface area contributed by atoms with Gasteiger partial charge in [-0.3, -0.25) is 29.3 Å². The monoisotopic (exact) mass is 563 g/mol. The number of benzene rings is 3. The van der Waals surface area contributed by atoms with E-state index in [0.717, 1.165) is 22.6 Å². The molecule has 4 atom stereocenters. The Hall–Kier alpha value is -4.83. The van der Waals surface area contributed by atoms with E-state index >= 15 is 0 Å². The summed E-state index contributed by atoms with van der Waals surface area (Å²) in [6.45, 7) is 3.56. The third-order valence-corrected chi connectivity index (χ3v) is 8.94. The predicted molar refractivity (Wildman–Crippen MR) is 156 cm³/mol. The minimum absolute atomic E-state index is 0.185. The van der Waals surface area contributed by atoms with E-state index in [9.17, 15) is 24.0 Å². The van der Waals surface area contributed by atoms with Crippen molar-refractivity contribution in [3.05, 3.63) is 83.9 Å². The maximum absolute atomic E-state index is 14.5. The zero-order valence-electron chi connectivity index (χ0n) is 23.2. The Morgan fingerprint density at radius 3 is 2.36 bits per heavy atom. The number of imide groups is 1. The predicted octanol–water partition coefficient (Wildman–Crippen LogP) is 2.57. The van der Waals surface area contributed by atoms with Crippen molar-refractivity contribution in [1.29, 1.82) is 0 Å². The van der Waals surface area contributed by atoms with E-state index in [4.69, 9.17) is 0 Å². The van der Waals surface area contributed by atoms with Gasteiger partial charge in [0.05, 0.1) is 17.5 Å². The van der Waals surface area contributed by atoms with Gasteiger partial charge in [0, 0.05) is 42.1 Å². The highest BCUT2D eigenvalue weighted by atomic mass is 16.2. The second kappa shape index (κ2) is 9.35. The number of amides is 5. The second-order valence-electron chi connectivity index (χ2n) is 11.3. The Morgan fingerprint density at radius 2 is 1.62 bits per heavy atom. The van der Waals surface area contributed by atoms with E-state index < -0.39 is 35.2 Å². The van der Waals surface area contributed by atoms with Crippen LogP contribution >= 0.6 is 0 Å². The lowest BCUT2D eigenvalue weighted by atomic mass is 9.76. The molecule has 0 aromatic heterocycles. The topological polar surface area (TPSA) is 119 Å². The fourth-order valence-corrected chi connectivity index (χ4v) is 7.24. The summed E-state index contributed by atoms with van der Waals surface area (Å²) in [5.41, 5.74) is 2.51. The van der Waals surface area contributed by atoms with E-state index in [-0.39, 0.29) is 24.3 Å². The molecule has 7 rings (SSSR count). The number of rotatable bonds is 4. The number of anilines is 4. The molecule has 0 saturated carbocycles. The number of carbonyl (C=O) groups excluding carboxylic acids is 5. The van der Waals surface area contributed by atoms with E-state index in [1.165, 1.54) is 11.8 Å². The molecule has 5 amide bonds. The maximum Gasteiger partial charge on any atom is 0.253 e. The molecule has 0 unspecified atom stereocenters. The lowest BCUT2D eigenvalue weighted by molar-refractivity contribution is -0.132. The minimum atomic E-state index is -1.48. The Bertz CT molecular complexity index is 1690. The highest BCUT2D eigenvalue weighted by Crippen LogP contribution is 2.55. The van der Waals surface area contributed by atoms with Gasteiger partial charge in [-0.25, -0.2) is 4.90 Å². The Kier molecular flexibility index (Phi) is 5.81. The molecule has 3 aromatic rings. The average molecular weight is 564 g/mol. The third kappa shape index (κ3) is 3.58. The number of carbonyl (C=O) groups is 5. The van der Waals surface area contributed by atoms with E-state index in [0.29, 0.717) is 29.2 Å². The number of nitrogens with zero attached hydrogens (tertiary/aromatic N) is 3. The summed E-state index contributed by atoms with van der Waals surface area (Å²) < 4.78 is 0. The largest absolute Gasteiger partial charge is 0.326 e. The average Bonchev–Trinajstić information content (AvgIpc) is 3.68. The number of hydrogen-bond donors (Lipinski definition) is 2. The van der Waals surface area contributed by atoms with Gasteiger partial charge in [0.15, 0.2) is 0 Å². The molecule has 10 heteroatoms.